The van der Waals surface area contributed by atoms with Gasteiger partial charge in [-0.15, -0.1) is 0 Å². The van der Waals surface area contributed by atoms with Crippen LogP contribution in [-0.2, 0) is 38.7 Å². The average Bonchev–Trinajstić information content (AvgIpc) is 2.79. The highest BCUT2D eigenvalue weighted by atomic mass is 32.2. The summed E-state index contributed by atoms with van der Waals surface area (Å²) in [7, 11) is -5.62. The molecule has 0 saturated carbocycles. The molecule has 10 heteroatoms. The van der Waals surface area contributed by atoms with Gasteiger partial charge in [0.05, 0.1) is 35.5 Å². The summed E-state index contributed by atoms with van der Waals surface area (Å²) in [5, 5.41) is 0. The van der Waals surface area contributed by atoms with Crippen LogP contribution in [0.4, 0.5) is 0 Å². The van der Waals surface area contributed by atoms with Gasteiger partial charge in [-0.1, -0.05) is 36.4 Å². The van der Waals surface area contributed by atoms with Crippen LogP contribution in [0.15, 0.2) is 70.5 Å². The molecule has 0 bridgehead atoms. The highest BCUT2D eigenvalue weighted by Crippen LogP contribution is 2.33. The third-order valence-corrected chi connectivity index (χ3v) is 8.42. The van der Waals surface area contributed by atoms with Crippen LogP contribution in [0.2, 0.25) is 0 Å². The van der Waals surface area contributed by atoms with E-state index in [2.05, 4.69) is 0 Å². The topological polar surface area (TPSA) is 121 Å². The molecule has 8 nitrogen and oxygen atoms in total. The van der Waals surface area contributed by atoms with E-state index in [0.29, 0.717) is 0 Å². The molecule has 0 amide bonds. The van der Waals surface area contributed by atoms with Gasteiger partial charge in [0, 0.05) is 0 Å². The predicted molar refractivity (Wildman–Crippen MR) is 113 cm³/mol. The number of benzene rings is 2. The minimum Gasteiger partial charge on any atom is -0.468 e. The summed E-state index contributed by atoms with van der Waals surface area (Å²) in [6.45, 7) is 0. The molecule has 31 heavy (non-hydrogen) atoms. The summed E-state index contributed by atoms with van der Waals surface area (Å²) in [6, 6.07) is 15.1. The Kier molecular flexibility index (Phi) is 7.96. The highest BCUT2D eigenvalue weighted by molar-refractivity contribution is 7.91. The minimum absolute atomic E-state index is 0.0236. The van der Waals surface area contributed by atoms with Crippen molar-refractivity contribution in [1.82, 2.24) is 0 Å². The Morgan fingerprint density at radius 2 is 1.00 bits per heavy atom. The molecule has 0 radical (unpaired) electrons. The van der Waals surface area contributed by atoms with E-state index in [1.807, 2.05) is 0 Å². The van der Waals surface area contributed by atoms with Gasteiger partial charge in [-0.05, 0) is 37.1 Å². The lowest BCUT2D eigenvalue weighted by atomic mass is 9.82. The van der Waals surface area contributed by atoms with Gasteiger partial charge in [-0.3, -0.25) is 9.59 Å². The number of methoxy groups -OCH3 is 2. The summed E-state index contributed by atoms with van der Waals surface area (Å²) in [5.74, 6) is -3.25. The van der Waals surface area contributed by atoms with E-state index >= 15 is 0 Å². The van der Waals surface area contributed by atoms with E-state index in [1.54, 1.807) is 36.4 Å². The molecule has 0 saturated heterocycles. The monoisotopic (exact) mass is 468 g/mol. The molecule has 0 aliphatic heterocycles. The van der Waals surface area contributed by atoms with Crippen molar-refractivity contribution in [3.8, 4) is 0 Å². The highest BCUT2D eigenvalue weighted by Gasteiger charge is 2.49. The Labute approximate surface area is 182 Å². The number of hydrogen-bond acceptors (Lipinski definition) is 8. The van der Waals surface area contributed by atoms with Crippen molar-refractivity contribution < 1.29 is 35.9 Å². The normalized spacial score (nSPS) is 12.2. The molecule has 0 aliphatic carbocycles. The van der Waals surface area contributed by atoms with Crippen LogP contribution in [0, 0.1) is 5.41 Å². The number of carbonyl (C=O) groups is 2. The molecule has 0 unspecified atom stereocenters. The molecule has 2 aromatic rings. The zero-order valence-corrected chi connectivity index (χ0v) is 18.8. The minimum atomic E-state index is -3.85. The maximum atomic E-state index is 12.7. The molecule has 0 spiro atoms. The molecule has 0 N–H and O–H groups in total. The standard InChI is InChI=1S/C21H24O8S2/c1-28-19(22)21(20(23)29-2,13-15-30(24,25)17-9-5-3-6-10-17)14-16-31(26,27)18-11-7-4-8-12-18/h3-12H,13-16H2,1-2H3. The summed E-state index contributed by atoms with van der Waals surface area (Å²) in [6.07, 6.45) is -0.984. The first-order valence-corrected chi connectivity index (χ1v) is 12.6. The Hall–Kier alpha value is -2.72. The Morgan fingerprint density at radius 3 is 1.29 bits per heavy atom. The maximum absolute atomic E-state index is 12.7. The van der Waals surface area contributed by atoms with Crippen molar-refractivity contribution in [1.29, 1.82) is 0 Å². The first kappa shape index (κ1) is 24.5. The molecule has 0 atom stereocenters. The summed E-state index contributed by atoms with van der Waals surface area (Å²) in [5.41, 5.74) is -2.09. The third kappa shape index (κ3) is 5.71. The van der Waals surface area contributed by atoms with Crippen molar-refractivity contribution >= 4 is 31.6 Å². The van der Waals surface area contributed by atoms with Crippen LogP contribution < -0.4 is 0 Å². The van der Waals surface area contributed by atoms with Crippen LogP contribution in [0.3, 0.4) is 0 Å². The smallest absolute Gasteiger partial charge is 0.323 e. The van der Waals surface area contributed by atoms with Gasteiger partial charge in [0.25, 0.3) is 0 Å². The van der Waals surface area contributed by atoms with Crippen LogP contribution in [0.5, 0.6) is 0 Å². The number of rotatable bonds is 10. The van der Waals surface area contributed by atoms with Crippen LogP contribution >= 0.6 is 0 Å². The molecule has 2 rings (SSSR count). The third-order valence-electron chi connectivity index (χ3n) is 4.95. The Bertz CT molecular complexity index is 1020. The van der Waals surface area contributed by atoms with E-state index in [1.165, 1.54) is 24.3 Å². The Morgan fingerprint density at radius 1 is 0.677 bits per heavy atom. The fraction of sp³-hybridized carbons (Fsp3) is 0.333. The molecule has 0 aromatic heterocycles. The fourth-order valence-electron chi connectivity index (χ4n) is 3.12. The van der Waals surface area contributed by atoms with Gasteiger partial charge >= 0.3 is 11.9 Å². The van der Waals surface area contributed by atoms with Gasteiger partial charge in [0.2, 0.25) is 0 Å². The van der Waals surface area contributed by atoms with E-state index in [4.69, 9.17) is 9.47 Å². The molecule has 0 heterocycles. The van der Waals surface area contributed by atoms with E-state index in [9.17, 15) is 26.4 Å². The lowest BCUT2D eigenvalue weighted by molar-refractivity contribution is -0.169. The van der Waals surface area contributed by atoms with E-state index < -0.39 is 61.4 Å². The van der Waals surface area contributed by atoms with Crippen molar-refractivity contribution in [3.05, 3.63) is 60.7 Å². The largest absolute Gasteiger partial charge is 0.468 e. The van der Waals surface area contributed by atoms with Crippen LogP contribution in [0.25, 0.3) is 0 Å². The van der Waals surface area contributed by atoms with Gasteiger partial charge in [-0.2, -0.15) is 0 Å². The number of sulfone groups is 2. The van der Waals surface area contributed by atoms with Gasteiger partial charge in [-0.25, -0.2) is 16.8 Å². The average molecular weight is 469 g/mol. The molecule has 2 aromatic carbocycles. The van der Waals surface area contributed by atoms with E-state index in [-0.39, 0.29) is 9.79 Å². The number of carbonyl (C=O) groups excluding carboxylic acids is 2. The van der Waals surface area contributed by atoms with Gasteiger partial charge < -0.3 is 9.47 Å². The number of ether oxygens (including phenoxy) is 2. The number of esters is 2. The van der Waals surface area contributed by atoms with Crippen molar-refractivity contribution in [2.75, 3.05) is 25.7 Å². The summed E-state index contributed by atoms with van der Waals surface area (Å²) < 4.78 is 60.3. The second kappa shape index (κ2) is 10.1. The SMILES string of the molecule is COC(=O)C(CCS(=O)(=O)c1ccccc1)(CCS(=O)(=O)c1ccccc1)C(=O)OC. The van der Waals surface area contributed by atoms with Crippen molar-refractivity contribution in [2.45, 2.75) is 22.6 Å². The number of hydrogen-bond donors (Lipinski definition) is 0. The van der Waals surface area contributed by atoms with E-state index in [0.717, 1.165) is 14.2 Å². The zero-order valence-electron chi connectivity index (χ0n) is 17.2. The van der Waals surface area contributed by atoms with Gasteiger partial charge in [0.1, 0.15) is 0 Å². The van der Waals surface area contributed by atoms with Crippen molar-refractivity contribution in [3.63, 3.8) is 0 Å². The molecular weight excluding hydrogens is 444 g/mol. The van der Waals surface area contributed by atoms with Gasteiger partial charge in [0.15, 0.2) is 25.1 Å². The van der Waals surface area contributed by atoms with Crippen LogP contribution in [0.1, 0.15) is 12.8 Å². The molecular formula is C21H24O8S2. The van der Waals surface area contributed by atoms with Crippen LogP contribution in [-0.4, -0.2) is 54.5 Å². The van der Waals surface area contributed by atoms with Crippen molar-refractivity contribution in [2.24, 2.45) is 5.41 Å². The predicted octanol–water partition coefficient (Wildman–Crippen LogP) is 2.05. The second-order valence-corrected chi connectivity index (χ2v) is 11.0. The quantitative estimate of drug-likeness (QED) is 0.384. The fourth-order valence-corrected chi connectivity index (χ4v) is 5.97. The first-order chi connectivity index (χ1) is 14.6. The molecule has 0 fully saturated rings. The maximum Gasteiger partial charge on any atom is 0.323 e. The summed E-state index contributed by atoms with van der Waals surface area (Å²) in [4.78, 5) is 25.3. The summed E-state index contributed by atoms with van der Waals surface area (Å²) >= 11 is 0. The molecule has 0 aliphatic rings. The first-order valence-electron chi connectivity index (χ1n) is 9.31. The second-order valence-electron chi connectivity index (χ2n) is 6.83. The lowest BCUT2D eigenvalue weighted by Crippen LogP contribution is -2.44. The lowest BCUT2D eigenvalue weighted by Gasteiger charge is -2.28. The molecule has 168 valence electrons. The zero-order chi connectivity index (χ0) is 23.1. The Balaban J connectivity index is 2.37.